The van der Waals surface area contributed by atoms with Gasteiger partial charge in [0.2, 0.25) is 6.19 Å². The van der Waals surface area contributed by atoms with E-state index in [1.54, 1.807) is 24.7 Å². The minimum absolute atomic E-state index is 0.391. The Kier molecular flexibility index (Phi) is 4.42. The second kappa shape index (κ2) is 6.51. The van der Waals surface area contributed by atoms with Gasteiger partial charge in [-0.3, -0.25) is 0 Å². The maximum Gasteiger partial charge on any atom is 0.206 e. The largest absolute Gasteiger partial charge is 0.389 e. The standard InChI is InChI=1S/C17H15FN4OS/c1-10-12(7-22(8-19)21-10)5-16-17(20-9-24-16)14-4-3-13(18)6-15(14)11(2)23/h3-4,6-7,9,11,23H,5H2,1-2H3/t11-/m1/s1. The van der Waals surface area contributed by atoms with E-state index in [1.807, 2.05) is 13.1 Å². The van der Waals surface area contributed by atoms with E-state index in [-0.39, 0.29) is 0 Å². The lowest BCUT2D eigenvalue weighted by Gasteiger charge is -2.12. The van der Waals surface area contributed by atoms with Gasteiger partial charge in [0.05, 0.1) is 23.0 Å². The molecule has 0 bridgehead atoms. The van der Waals surface area contributed by atoms with Gasteiger partial charge in [0.15, 0.2) is 0 Å². The van der Waals surface area contributed by atoms with Gasteiger partial charge in [-0.05, 0) is 43.2 Å². The van der Waals surface area contributed by atoms with E-state index in [4.69, 9.17) is 5.26 Å². The van der Waals surface area contributed by atoms with Crippen LogP contribution in [0.25, 0.3) is 11.3 Å². The van der Waals surface area contributed by atoms with Gasteiger partial charge in [0.1, 0.15) is 5.82 Å². The molecule has 0 aliphatic carbocycles. The average molecular weight is 342 g/mol. The number of benzene rings is 1. The number of hydrogen-bond donors (Lipinski definition) is 1. The summed E-state index contributed by atoms with van der Waals surface area (Å²) in [5, 5.41) is 23.0. The quantitative estimate of drug-likeness (QED) is 0.788. The number of aryl methyl sites for hydroxylation is 1. The van der Waals surface area contributed by atoms with Crippen LogP contribution in [-0.2, 0) is 6.42 Å². The van der Waals surface area contributed by atoms with Crippen LogP contribution in [0.15, 0.2) is 29.9 Å². The monoisotopic (exact) mass is 342 g/mol. The van der Waals surface area contributed by atoms with E-state index >= 15 is 0 Å². The van der Waals surface area contributed by atoms with Crippen LogP contribution in [0.4, 0.5) is 4.39 Å². The SMILES string of the molecule is Cc1nn(C#N)cc1Cc1scnc1-c1ccc(F)cc1[C@@H](C)O. The van der Waals surface area contributed by atoms with Crippen molar-refractivity contribution >= 4 is 11.3 Å². The van der Waals surface area contributed by atoms with Gasteiger partial charge >= 0.3 is 0 Å². The van der Waals surface area contributed by atoms with Crippen molar-refractivity contribution in [1.29, 1.82) is 5.26 Å². The van der Waals surface area contributed by atoms with Crippen LogP contribution >= 0.6 is 11.3 Å². The zero-order valence-electron chi connectivity index (χ0n) is 13.2. The first-order chi connectivity index (χ1) is 11.5. The molecule has 0 aliphatic heterocycles. The van der Waals surface area contributed by atoms with E-state index < -0.39 is 11.9 Å². The Morgan fingerprint density at radius 2 is 2.25 bits per heavy atom. The van der Waals surface area contributed by atoms with Gasteiger partial charge in [0, 0.05) is 23.1 Å². The normalized spacial score (nSPS) is 12.1. The fourth-order valence-electron chi connectivity index (χ4n) is 2.60. The van der Waals surface area contributed by atoms with Crippen LogP contribution in [0, 0.1) is 24.2 Å². The van der Waals surface area contributed by atoms with E-state index in [9.17, 15) is 9.50 Å². The first-order valence-electron chi connectivity index (χ1n) is 7.35. The molecule has 0 saturated carbocycles. The van der Waals surface area contributed by atoms with Crippen LogP contribution in [-0.4, -0.2) is 19.9 Å². The highest BCUT2D eigenvalue weighted by molar-refractivity contribution is 7.10. The summed E-state index contributed by atoms with van der Waals surface area (Å²) >= 11 is 1.48. The molecule has 122 valence electrons. The highest BCUT2D eigenvalue weighted by Gasteiger charge is 2.18. The first kappa shape index (κ1) is 16.3. The minimum Gasteiger partial charge on any atom is -0.389 e. The number of halogens is 1. The molecule has 0 radical (unpaired) electrons. The molecular weight excluding hydrogens is 327 g/mol. The molecule has 2 aromatic heterocycles. The summed E-state index contributed by atoms with van der Waals surface area (Å²) < 4.78 is 14.7. The van der Waals surface area contributed by atoms with Crippen LogP contribution in [0.2, 0.25) is 0 Å². The number of thiazole rings is 1. The van der Waals surface area contributed by atoms with Crippen LogP contribution < -0.4 is 0 Å². The fourth-order valence-corrected chi connectivity index (χ4v) is 3.40. The Bertz CT molecular complexity index is 923. The molecule has 1 N–H and O–H groups in total. The lowest BCUT2D eigenvalue weighted by molar-refractivity contribution is 0.199. The zero-order valence-corrected chi connectivity index (χ0v) is 14.0. The Morgan fingerprint density at radius 1 is 1.46 bits per heavy atom. The van der Waals surface area contributed by atoms with Crippen LogP contribution in [0.1, 0.15) is 34.7 Å². The number of nitrogens with zero attached hydrogens (tertiary/aromatic N) is 4. The molecule has 0 spiro atoms. The molecule has 24 heavy (non-hydrogen) atoms. The summed E-state index contributed by atoms with van der Waals surface area (Å²) in [6.45, 7) is 3.45. The molecule has 7 heteroatoms. The van der Waals surface area contributed by atoms with Gasteiger partial charge in [-0.1, -0.05) is 0 Å². The van der Waals surface area contributed by atoms with Crippen molar-refractivity contribution in [3.63, 3.8) is 0 Å². The third-order valence-corrected chi connectivity index (χ3v) is 4.65. The van der Waals surface area contributed by atoms with Gasteiger partial charge in [-0.15, -0.1) is 11.3 Å². The van der Waals surface area contributed by atoms with Gasteiger partial charge < -0.3 is 5.11 Å². The molecular formula is C17H15FN4OS. The fraction of sp³-hybridized carbons (Fsp3) is 0.235. The Hall–Kier alpha value is -2.56. The third kappa shape index (κ3) is 3.07. The lowest BCUT2D eigenvalue weighted by atomic mass is 9.98. The van der Waals surface area contributed by atoms with Crippen molar-refractivity contribution in [3.8, 4) is 17.5 Å². The predicted molar refractivity (Wildman–Crippen MR) is 88.9 cm³/mol. The average Bonchev–Trinajstić information content (AvgIpc) is 3.14. The Balaban J connectivity index is 2.03. The smallest absolute Gasteiger partial charge is 0.206 e. The first-order valence-corrected chi connectivity index (χ1v) is 8.23. The van der Waals surface area contributed by atoms with Crippen molar-refractivity contribution in [2.45, 2.75) is 26.4 Å². The molecule has 2 heterocycles. The summed E-state index contributed by atoms with van der Waals surface area (Å²) in [7, 11) is 0. The molecule has 0 fully saturated rings. The summed E-state index contributed by atoms with van der Waals surface area (Å²) in [5.41, 5.74) is 5.39. The highest BCUT2D eigenvalue weighted by Crippen LogP contribution is 2.33. The predicted octanol–water partition coefficient (Wildman–Crippen LogP) is 3.43. The number of aliphatic hydroxyl groups is 1. The molecule has 3 aromatic rings. The minimum atomic E-state index is -0.798. The maximum atomic E-state index is 13.5. The van der Waals surface area contributed by atoms with E-state index in [1.165, 1.54) is 28.2 Å². The number of rotatable bonds is 4. The highest BCUT2D eigenvalue weighted by atomic mass is 32.1. The van der Waals surface area contributed by atoms with Crippen LogP contribution in [0.5, 0.6) is 0 Å². The summed E-state index contributed by atoms with van der Waals surface area (Å²) in [6.07, 6.45) is 3.43. The van der Waals surface area contributed by atoms with Crippen molar-refractivity contribution in [1.82, 2.24) is 14.8 Å². The maximum absolute atomic E-state index is 13.5. The molecule has 0 aliphatic rings. The summed E-state index contributed by atoms with van der Waals surface area (Å²) in [5.74, 6) is -0.391. The van der Waals surface area contributed by atoms with Crippen molar-refractivity contribution in [2.75, 3.05) is 0 Å². The Labute approximate surface area is 142 Å². The van der Waals surface area contributed by atoms with Gasteiger partial charge in [-0.25, -0.2) is 9.37 Å². The molecule has 1 aromatic carbocycles. The van der Waals surface area contributed by atoms with Gasteiger partial charge in [0.25, 0.3) is 0 Å². The molecule has 1 atom stereocenters. The molecule has 0 unspecified atom stereocenters. The van der Waals surface area contributed by atoms with Crippen molar-refractivity contribution in [3.05, 3.63) is 57.4 Å². The second-order valence-electron chi connectivity index (χ2n) is 5.49. The molecule has 0 amide bonds. The molecule has 5 nitrogen and oxygen atoms in total. The second-order valence-corrected chi connectivity index (χ2v) is 6.43. The summed E-state index contributed by atoms with van der Waals surface area (Å²) in [4.78, 5) is 5.38. The lowest BCUT2D eigenvalue weighted by Crippen LogP contribution is -1.98. The number of hydrogen-bond acceptors (Lipinski definition) is 5. The number of aromatic nitrogens is 3. The van der Waals surface area contributed by atoms with Crippen LogP contribution in [0.3, 0.4) is 0 Å². The third-order valence-electron chi connectivity index (χ3n) is 3.81. The van der Waals surface area contributed by atoms with Crippen molar-refractivity contribution < 1.29 is 9.50 Å². The summed E-state index contributed by atoms with van der Waals surface area (Å²) in [6, 6.07) is 4.34. The number of aliphatic hydroxyl groups excluding tert-OH is 1. The molecule has 3 rings (SSSR count). The zero-order chi connectivity index (χ0) is 17.3. The Morgan fingerprint density at radius 3 is 2.92 bits per heavy atom. The van der Waals surface area contributed by atoms with E-state index in [0.717, 1.165) is 21.8 Å². The number of nitriles is 1. The topological polar surface area (TPSA) is 74.7 Å². The van der Waals surface area contributed by atoms with Gasteiger partial charge in [-0.2, -0.15) is 15.0 Å². The van der Waals surface area contributed by atoms with Crippen molar-refractivity contribution in [2.24, 2.45) is 0 Å². The van der Waals surface area contributed by atoms with E-state index in [2.05, 4.69) is 10.1 Å². The van der Waals surface area contributed by atoms with E-state index in [0.29, 0.717) is 17.5 Å². The molecule has 0 saturated heterocycles.